The monoisotopic (exact) mass is 285 g/mol. The summed E-state index contributed by atoms with van der Waals surface area (Å²) in [7, 11) is -3.01. The van der Waals surface area contributed by atoms with Crippen LogP contribution in [0.5, 0.6) is 0 Å². The van der Waals surface area contributed by atoms with Crippen LogP contribution in [0.4, 0.5) is 0 Å². The third-order valence-corrected chi connectivity index (χ3v) is 6.08. The Morgan fingerprint density at radius 3 is 2.89 bits per heavy atom. The van der Waals surface area contributed by atoms with E-state index in [1.54, 1.807) is 6.20 Å². The summed E-state index contributed by atoms with van der Waals surface area (Å²) < 4.78 is 26.7. The molecular weight excluding hydrogens is 262 g/mol. The Bertz CT molecular complexity index is 510. The molecule has 0 saturated carbocycles. The number of imidazole rings is 1. The van der Waals surface area contributed by atoms with E-state index in [-0.39, 0.29) is 11.3 Å². The number of hydrogen-bond donors (Lipinski definition) is 1. The minimum Gasteiger partial charge on any atom is -0.334 e. The van der Waals surface area contributed by atoms with Crippen LogP contribution in [0.25, 0.3) is 0 Å². The Balaban J connectivity index is 2.34. The number of aryl methyl sites for hydroxylation is 1. The van der Waals surface area contributed by atoms with Crippen LogP contribution in [0.15, 0.2) is 12.4 Å². The molecule has 1 aliphatic heterocycles. The Morgan fingerprint density at radius 2 is 2.26 bits per heavy atom. The van der Waals surface area contributed by atoms with Gasteiger partial charge in [0, 0.05) is 18.9 Å². The highest BCUT2D eigenvalue weighted by atomic mass is 32.2. The molecule has 6 heteroatoms. The van der Waals surface area contributed by atoms with Crippen molar-refractivity contribution >= 4 is 9.84 Å². The normalized spacial score (nSPS) is 24.2. The Morgan fingerprint density at radius 1 is 1.47 bits per heavy atom. The van der Waals surface area contributed by atoms with Crippen molar-refractivity contribution in [3.63, 3.8) is 0 Å². The summed E-state index contributed by atoms with van der Waals surface area (Å²) in [5.41, 5.74) is 0. The summed E-state index contributed by atoms with van der Waals surface area (Å²) in [5.74, 6) is 1.16. The quantitative estimate of drug-likeness (QED) is 0.891. The first-order valence-corrected chi connectivity index (χ1v) is 8.77. The van der Waals surface area contributed by atoms with Crippen LogP contribution in [0.2, 0.25) is 0 Å². The topological polar surface area (TPSA) is 64.0 Å². The number of hydrogen-bond acceptors (Lipinski definition) is 4. The molecule has 2 heterocycles. The third-order valence-electron chi connectivity index (χ3n) is 3.79. The smallest absolute Gasteiger partial charge is 0.155 e. The van der Waals surface area contributed by atoms with Gasteiger partial charge in [-0.15, -0.1) is 0 Å². The Hall–Kier alpha value is -0.880. The lowest BCUT2D eigenvalue weighted by Crippen LogP contribution is -2.41. The van der Waals surface area contributed by atoms with E-state index in [4.69, 9.17) is 0 Å². The molecule has 1 aromatic heterocycles. The molecule has 0 amide bonds. The van der Waals surface area contributed by atoms with Gasteiger partial charge in [-0.1, -0.05) is 13.3 Å². The molecule has 1 N–H and O–H groups in total. The lowest BCUT2D eigenvalue weighted by Gasteiger charge is -2.30. The summed E-state index contributed by atoms with van der Waals surface area (Å²) in [6.07, 6.45) is 6.17. The van der Waals surface area contributed by atoms with E-state index in [9.17, 15) is 8.42 Å². The predicted molar refractivity (Wildman–Crippen MR) is 75.7 cm³/mol. The van der Waals surface area contributed by atoms with Gasteiger partial charge in [-0.25, -0.2) is 13.4 Å². The van der Waals surface area contributed by atoms with Crippen LogP contribution >= 0.6 is 0 Å². The maximum atomic E-state index is 12.3. The summed E-state index contributed by atoms with van der Waals surface area (Å²) in [6.45, 7) is 5.60. The SMILES string of the molecule is CCNC(c1nccn1CC)C1CCCCS1(=O)=O. The van der Waals surface area contributed by atoms with E-state index in [1.165, 1.54) is 0 Å². The number of aromatic nitrogens is 2. The Labute approximate surface area is 115 Å². The first-order valence-electron chi connectivity index (χ1n) is 7.06. The maximum absolute atomic E-state index is 12.3. The highest BCUT2D eigenvalue weighted by Crippen LogP contribution is 2.30. The fourth-order valence-corrected chi connectivity index (χ4v) is 4.90. The number of nitrogens with zero attached hydrogens (tertiary/aromatic N) is 2. The van der Waals surface area contributed by atoms with Gasteiger partial charge in [-0.05, 0) is 26.3 Å². The second kappa shape index (κ2) is 6.05. The first-order chi connectivity index (χ1) is 9.10. The van der Waals surface area contributed by atoms with E-state index in [1.807, 2.05) is 24.6 Å². The molecule has 19 heavy (non-hydrogen) atoms. The van der Waals surface area contributed by atoms with E-state index < -0.39 is 9.84 Å². The van der Waals surface area contributed by atoms with Crippen molar-refractivity contribution in [2.24, 2.45) is 0 Å². The number of sulfone groups is 1. The molecule has 1 fully saturated rings. The second-order valence-electron chi connectivity index (χ2n) is 5.01. The van der Waals surface area contributed by atoms with Crippen LogP contribution in [0.3, 0.4) is 0 Å². The first kappa shape index (κ1) is 14.5. The molecule has 5 nitrogen and oxygen atoms in total. The van der Waals surface area contributed by atoms with Crippen LogP contribution in [-0.2, 0) is 16.4 Å². The molecule has 0 aliphatic carbocycles. The van der Waals surface area contributed by atoms with Gasteiger partial charge in [-0.2, -0.15) is 0 Å². The van der Waals surface area contributed by atoms with Gasteiger partial charge in [0.2, 0.25) is 0 Å². The molecule has 2 atom stereocenters. The average Bonchev–Trinajstić information content (AvgIpc) is 2.84. The van der Waals surface area contributed by atoms with E-state index in [0.717, 1.165) is 38.2 Å². The summed E-state index contributed by atoms with van der Waals surface area (Å²) in [6, 6.07) is -0.190. The molecular formula is C13H23N3O2S. The number of nitrogens with one attached hydrogen (secondary N) is 1. The highest BCUT2D eigenvalue weighted by molar-refractivity contribution is 7.92. The molecule has 108 valence electrons. The van der Waals surface area contributed by atoms with Crippen molar-refractivity contribution in [3.05, 3.63) is 18.2 Å². The van der Waals surface area contributed by atoms with Crippen molar-refractivity contribution in [3.8, 4) is 0 Å². The van der Waals surface area contributed by atoms with Gasteiger partial charge in [-0.3, -0.25) is 0 Å². The van der Waals surface area contributed by atoms with Crippen molar-refractivity contribution in [1.82, 2.24) is 14.9 Å². The van der Waals surface area contributed by atoms with Crippen LogP contribution in [-0.4, -0.2) is 35.5 Å². The van der Waals surface area contributed by atoms with Crippen molar-refractivity contribution < 1.29 is 8.42 Å². The zero-order valence-corrected chi connectivity index (χ0v) is 12.5. The molecule has 0 bridgehead atoms. The van der Waals surface area contributed by atoms with Gasteiger partial charge in [0.1, 0.15) is 5.82 Å². The standard InChI is InChI=1S/C13H23N3O2S/c1-3-14-12(13-15-8-9-16(13)4-2)11-7-5-6-10-19(11,17)18/h8-9,11-12,14H,3-7,10H2,1-2H3. The number of rotatable bonds is 5. The van der Waals surface area contributed by atoms with Gasteiger partial charge in [0.15, 0.2) is 9.84 Å². The molecule has 1 aromatic rings. The van der Waals surface area contributed by atoms with E-state index in [2.05, 4.69) is 10.3 Å². The minimum absolute atomic E-state index is 0.190. The lowest BCUT2D eigenvalue weighted by molar-refractivity contribution is 0.427. The summed E-state index contributed by atoms with van der Waals surface area (Å²) >= 11 is 0. The molecule has 0 spiro atoms. The molecule has 1 saturated heterocycles. The predicted octanol–water partition coefficient (Wildman–Crippen LogP) is 1.52. The van der Waals surface area contributed by atoms with Crippen molar-refractivity contribution in [1.29, 1.82) is 0 Å². The third kappa shape index (κ3) is 3.00. The summed E-state index contributed by atoms with van der Waals surface area (Å²) in [4.78, 5) is 4.38. The van der Waals surface area contributed by atoms with Crippen molar-refractivity contribution in [2.45, 2.75) is 50.9 Å². The molecule has 2 rings (SSSR count). The summed E-state index contributed by atoms with van der Waals surface area (Å²) in [5, 5.41) is 2.98. The fourth-order valence-electron chi connectivity index (χ4n) is 2.83. The van der Waals surface area contributed by atoms with Gasteiger partial charge in [0.25, 0.3) is 0 Å². The fraction of sp³-hybridized carbons (Fsp3) is 0.769. The minimum atomic E-state index is -3.01. The van der Waals surface area contributed by atoms with Crippen molar-refractivity contribution in [2.75, 3.05) is 12.3 Å². The van der Waals surface area contributed by atoms with Crippen LogP contribution in [0, 0.1) is 0 Å². The maximum Gasteiger partial charge on any atom is 0.155 e. The van der Waals surface area contributed by atoms with Gasteiger partial charge >= 0.3 is 0 Å². The zero-order chi connectivity index (χ0) is 13.9. The molecule has 2 unspecified atom stereocenters. The van der Waals surface area contributed by atoms with Gasteiger partial charge < -0.3 is 9.88 Å². The van der Waals surface area contributed by atoms with Crippen LogP contribution < -0.4 is 5.32 Å². The average molecular weight is 285 g/mol. The van der Waals surface area contributed by atoms with Gasteiger partial charge in [0.05, 0.1) is 17.0 Å². The molecule has 1 aliphatic rings. The largest absolute Gasteiger partial charge is 0.334 e. The van der Waals surface area contributed by atoms with E-state index >= 15 is 0 Å². The van der Waals surface area contributed by atoms with E-state index in [0.29, 0.717) is 5.75 Å². The van der Waals surface area contributed by atoms with Crippen LogP contribution in [0.1, 0.15) is 45.0 Å². The lowest BCUT2D eigenvalue weighted by atomic mass is 10.1. The Kier molecular flexibility index (Phi) is 4.62. The molecule has 0 aromatic carbocycles. The highest BCUT2D eigenvalue weighted by Gasteiger charge is 2.37. The second-order valence-corrected chi connectivity index (χ2v) is 7.35. The molecule has 0 radical (unpaired) electrons. The zero-order valence-electron chi connectivity index (χ0n) is 11.7.